The molecular weight excluding hydrogens is 282 g/mol. The molecule has 116 valence electrons. The monoisotopic (exact) mass is 305 g/mol. The van der Waals surface area contributed by atoms with Gasteiger partial charge in [0.2, 0.25) is 5.91 Å². The topological polar surface area (TPSA) is 91.8 Å². The van der Waals surface area contributed by atoms with Crippen LogP contribution in [0.3, 0.4) is 0 Å². The first-order valence-corrected chi connectivity index (χ1v) is 8.28. The minimum Gasteiger partial charge on any atom is -0.481 e. The third-order valence-electron chi connectivity index (χ3n) is 3.98. The molecule has 0 spiro atoms. The summed E-state index contributed by atoms with van der Waals surface area (Å²) in [6.45, 7) is 6.93. The fourth-order valence-corrected chi connectivity index (χ4v) is 2.87. The molecule has 1 amide bonds. The van der Waals surface area contributed by atoms with Crippen LogP contribution in [0.1, 0.15) is 40.5 Å². The van der Waals surface area contributed by atoms with E-state index in [1.807, 2.05) is 0 Å². The molecule has 0 atom stereocenters. The van der Waals surface area contributed by atoms with Crippen molar-refractivity contribution in [2.45, 2.75) is 45.3 Å². The number of nitrogens with zero attached hydrogens (tertiary/aromatic N) is 1. The predicted molar refractivity (Wildman–Crippen MR) is 75.1 cm³/mol. The second-order valence-electron chi connectivity index (χ2n) is 6.62. The van der Waals surface area contributed by atoms with Gasteiger partial charge >= 0.3 is 5.97 Å². The van der Waals surface area contributed by atoms with E-state index in [0.717, 1.165) is 0 Å². The molecule has 6 nitrogen and oxygen atoms in total. The first kappa shape index (κ1) is 16.9. The highest BCUT2D eigenvalue weighted by molar-refractivity contribution is 7.93. The maximum atomic E-state index is 12.0. The van der Waals surface area contributed by atoms with Crippen LogP contribution in [0.15, 0.2) is 0 Å². The van der Waals surface area contributed by atoms with Crippen LogP contribution in [0, 0.1) is 5.41 Å². The number of sulfone groups is 1. The Morgan fingerprint density at radius 3 is 2.00 bits per heavy atom. The molecule has 1 aliphatic heterocycles. The highest BCUT2D eigenvalue weighted by atomic mass is 32.2. The third-order valence-corrected chi connectivity index (χ3v) is 6.48. The molecular formula is C13H23NO5S. The van der Waals surface area contributed by atoms with Crippen molar-refractivity contribution in [2.24, 2.45) is 5.41 Å². The van der Waals surface area contributed by atoms with Gasteiger partial charge in [0.15, 0.2) is 9.84 Å². The van der Waals surface area contributed by atoms with E-state index in [-0.39, 0.29) is 0 Å². The molecule has 20 heavy (non-hydrogen) atoms. The second-order valence-corrected chi connectivity index (χ2v) is 9.36. The van der Waals surface area contributed by atoms with Crippen LogP contribution in [0.2, 0.25) is 0 Å². The van der Waals surface area contributed by atoms with Crippen molar-refractivity contribution >= 4 is 21.7 Å². The number of carbonyl (C=O) groups excluding carboxylic acids is 1. The van der Waals surface area contributed by atoms with Gasteiger partial charge in [0.25, 0.3) is 0 Å². The molecule has 1 heterocycles. The smallest absolute Gasteiger partial charge is 0.309 e. The Hall–Kier alpha value is -1.11. The van der Waals surface area contributed by atoms with Gasteiger partial charge in [-0.25, -0.2) is 8.42 Å². The average molecular weight is 305 g/mol. The van der Waals surface area contributed by atoms with Crippen LogP contribution in [-0.2, 0) is 19.4 Å². The summed E-state index contributed by atoms with van der Waals surface area (Å²) >= 11 is 0. The lowest BCUT2D eigenvalue weighted by atomic mass is 9.80. The van der Waals surface area contributed by atoms with Crippen molar-refractivity contribution in [3.05, 3.63) is 0 Å². The second kappa shape index (κ2) is 5.35. The molecule has 1 aliphatic rings. The lowest BCUT2D eigenvalue weighted by molar-refractivity contribution is -0.152. The van der Waals surface area contributed by atoms with Gasteiger partial charge in [-0.05, 0) is 40.5 Å². The Kier molecular flexibility index (Phi) is 4.53. The van der Waals surface area contributed by atoms with Gasteiger partial charge in [0.1, 0.15) is 5.75 Å². The number of carbonyl (C=O) groups is 2. The molecule has 1 N–H and O–H groups in total. The van der Waals surface area contributed by atoms with E-state index < -0.39 is 37.6 Å². The Labute approximate surface area is 120 Å². The van der Waals surface area contributed by atoms with E-state index in [0.29, 0.717) is 25.9 Å². The number of aliphatic carboxylic acids is 1. The van der Waals surface area contributed by atoms with Gasteiger partial charge in [0.05, 0.1) is 10.2 Å². The van der Waals surface area contributed by atoms with E-state index in [1.54, 1.807) is 27.7 Å². The average Bonchev–Trinajstić information content (AvgIpc) is 2.27. The van der Waals surface area contributed by atoms with E-state index in [4.69, 9.17) is 5.11 Å². The summed E-state index contributed by atoms with van der Waals surface area (Å²) in [5.41, 5.74) is -0.820. The summed E-state index contributed by atoms with van der Waals surface area (Å²) in [6.07, 6.45) is 0.702. The zero-order valence-electron chi connectivity index (χ0n) is 12.5. The Balaban J connectivity index is 2.68. The van der Waals surface area contributed by atoms with E-state index >= 15 is 0 Å². The zero-order valence-corrected chi connectivity index (χ0v) is 13.3. The summed E-state index contributed by atoms with van der Waals surface area (Å²) in [7, 11) is -3.50. The number of rotatable bonds is 3. The molecule has 0 aromatic carbocycles. The van der Waals surface area contributed by atoms with E-state index in [1.165, 1.54) is 4.90 Å². The first-order valence-electron chi connectivity index (χ1n) is 6.62. The number of carboxylic acids is 1. The molecule has 1 fully saturated rings. The largest absolute Gasteiger partial charge is 0.481 e. The highest BCUT2D eigenvalue weighted by Crippen LogP contribution is 2.31. The van der Waals surface area contributed by atoms with Crippen molar-refractivity contribution in [3.63, 3.8) is 0 Å². The van der Waals surface area contributed by atoms with Gasteiger partial charge in [-0.15, -0.1) is 0 Å². The Morgan fingerprint density at radius 2 is 1.65 bits per heavy atom. The van der Waals surface area contributed by atoms with Gasteiger partial charge < -0.3 is 10.0 Å². The van der Waals surface area contributed by atoms with Crippen LogP contribution >= 0.6 is 0 Å². The summed E-state index contributed by atoms with van der Waals surface area (Å²) in [4.78, 5) is 24.6. The number of likely N-dealkylation sites (tertiary alicyclic amines) is 1. The first-order chi connectivity index (χ1) is 8.89. The van der Waals surface area contributed by atoms with E-state index in [2.05, 4.69) is 0 Å². The number of hydrogen-bond acceptors (Lipinski definition) is 4. The lowest BCUT2D eigenvalue weighted by Crippen LogP contribution is -2.48. The standard InChI is InChI=1S/C13H23NO5S/c1-12(2,3)20(18,19)9-10(15)14-7-5-13(4,6-8-14)11(16)17/h5-9H2,1-4H3,(H,16,17). The quantitative estimate of drug-likeness (QED) is 0.837. The van der Waals surface area contributed by atoms with Gasteiger partial charge in [-0.3, -0.25) is 9.59 Å². The molecule has 0 aromatic heterocycles. The van der Waals surface area contributed by atoms with Gasteiger partial charge in [-0.2, -0.15) is 0 Å². The van der Waals surface area contributed by atoms with Crippen LogP contribution in [0.25, 0.3) is 0 Å². The summed E-state index contributed by atoms with van der Waals surface area (Å²) in [6, 6.07) is 0. The van der Waals surface area contributed by atoms with Crippen molar-refractivity contribution in [1.82, 2.24) is 4.90 Å². The molecule has 1 saturated heterocycles. The predicted octanol–water partition coefficient (Wildman–Crippen LogP) is 0.913. The van der Waals surface area contributed by atoms with Crippen LogP contribution in [-0.4, -0.2) is 53.9 Å². The minimum atomic E-state index is -3.50. The maximum absolute atomic E-state index is 12.0. The highest BCUT2D eigenvalue weighted by Gasteiger charge is 2.39. The molecule has 1 rings (SSSR count). The maximum Gasteiger partial charge on any atom is 0.309 e. The number of hydrogen-bond donors (Lipinski definition) is 1. The minimum absolute atomic E-state index is 0.293. The number of carboxylic acid groups (broad SMARTS) is 1. The van der Waals surface area contributed by atoms with Crippen molar-refractivity contribution in [1.29, 1.82) is 0 Å². The third kappa shape index (κ3) is 3.50. The van der Waals surface area contributed by atoms with Crippen molar-refractivity contribution in [3.8, 4) is 0 Å². The SMILES string of the molecule is CC1(C(=O)O)CCN(C(=O)CS(=O)(=O)C(C)(C)C)CC1. The van der Waals surface area contributed by atoms with Crippen molar-refractivity contribution < 1.29 is 23.1 Å². The summed E-state index contributed by atoms with van der Waals surface area (Å²) in [5.74, 6) is -1.82. The molecule has 0 aromatic rings. The van der Waals surface area contributed by atoms with E-state index in [9.17, 15) is 18.0 Å². The van der Waals surface area contributed by atoms with Crippen molar-refractivity contribution in [2.75, 3.05) is 18.8 Å². The normalized spacial score (nSPS) is 19.7. The summed E-state index contributed by atoms with van der Waals surface area (Å²) in [5, 5.41) is 9.12. The van der Waals surface area contributed by atoms with Gasteiger partial charge in [0, 0.05) is 13.1 Å². The zero-order chi connectivity index (χ0) is 15.8. The molecule has 7 heteroatoms. The van der Waals surface area contributed by atoms with Crippen LogP contribution in [0.5, 0.6) is 0 Å². The fourth-order valence-electron chi connectivity index (χ4n) is 1.93. The molecule has 0 saturated carbocycles. The molecule has 0 aliphatic carbocycles. The Bertz CT molecular complexity index is 495. The molecule has 0 unspecified atom stereocenters. The Morgan fingerprint density at radius 1 is 1.20 bits per heavy atom. The summed E-state index contributed by atoms with van der Waals surface area (Å²) < 4.78 is 23.0. The number of piperidine rings is 1. The molecule has 0 bridgehead atoms. The fraction of sp³-hybridized carbons (Fsp3) is 0.846. The van der Waals surface area contributed by atoms with Crippen LogP contribution < -0.4 is 0 Å². The number of amides is 1. The van der Waals surface area contributed by atoms with Gasteiger partial charge in [-0.1, -0.05) is 0 Å². The molecule has 0 radical (unpaired) electrons. The lowest BCUT2D eigenvalue weighted by Gasteiger charge is -2.36. The van der Waals surface area contributed by atoms with Crippen LogP contribution in [0.4, 0.5) is 0 Å².